The summed E-state index contributed by atoms with van der Waals surface area (Å²) in [6.07, 6.45) is 8.08. The number of rotatable bonds is 3. The molecule has 23 heavy (non-hydrogen) atoms. The molecule has 0 aliphatic heterocycles. The third-order valence-corrected chi connectivity index (χ3v) is 6.95. The Morgan fingerprint density at radius 1 is 1.30 bits per heavy atom. The van der Waals surface area contributed by atoms with Crippen molar-refractivity contribution in [2.24, 2.45) is 29.6 Å². The molecule has 5 heteroatoms. The Balaban J connectivity index is 1.49. The molecule has 3 aliphatic carbocycles. The van der Waals surface area contributed by atoms with Crippen molar-refractivity contribution in [1.29, 1.82) is 0 Å². The van der Waals surface area contributed by atoms with Crippen LogP contribution in [0.4, 0.5) is 0 Å². The zero-order valence-corrected chi connectivity index (χ0v) is 14.8. The highest BCUT2D eigenvalue weighted by Crippen LogP contribution is 2.58. The molecular formula is C18H22BrNO3. The summed E-state index contributed by atoms with van der Waals surface area (Å²) in [5, 5.41) is 3.16. The van der Waals surface area contributed by atoms with Crippen molar-refractivity contribution in [2.75, 3.05) is 0 Å². The lowest BCUT2D eigenvalue weighted by molar-refractivity contribution is 0.0518. The van der Waals surface area contributed by atoms with Gasteiger partial charge in [-0.15, -0.1) is 0 Å². The molecule has 1 heterocycles. The van der Waals surface area contributed by atoms with E-state index in [1.165, 1.54) is 44.4 Å². The van der Waals surface area contributed by atoms with Crippen molar-refractivity contribution in [3.63, 3.8) is 0 Å². The van der Waals surface area contributed by atoms with Crippen molar-refractivity contribution in [1.82, 2.24) is 5.32 Å². The second kappa shape index (κ2) is 5.76. The third kappa shape index (κ3) is 2.67. The van der Waals surface area contributed by atoms with Crippen molar-refractivity contribution in [3.05, 3.63) is 32.8 Å². The fraction of sp³-hybridized carbons (Fsp3) is 0.667. The minimum Gasteiger partial charge on any atom is -0.430 e. The van der Waals surface area contributed by atoms with Crippen molar-refractivity contribution < 1.29 is 9.21 Å². The Morgan fingerprint density at radius 3 is 2.83 bits per heavy atom. The Morgan fingerprint density at radius 2 is 2.04 bits per heavy atom. The molecule has 0 saturated heterocycles. The second-order valence-electron chi connectivity index (χ2n) is 7.64. The number of fused-ring (bicyclic) bond motifs is 2. The van der Waals surface area contributed by atoms with Crippen LogP contribution in [-0.2, 0) is 0 Å². The predicted molar refractivity (Wildman–Crippen MR) is 90.1 cm³/mol. The van der Waals surface area contributed by atoms with Crippen molar-refractivity contribution in [3.8, 4) is 0 Å². The van der Waals surface area contributed by atoms with Gasteiger partial charge in [0, 0.05) is 6.04 Å². The van der Waals surface area contributed by atoms with E-state index in [2.05, 4.69) is 28.2 Å². The van der Waals surface area contributed by atoms with Crippen LogP contribution in [0.1, 0.15) is 49.4 Å². The molecule has 4 rings (SSSR count). The minimum absolute atomic E-state index is 0.155. The lowest BCUT2D eigenvalue weighted by Gasteiger charge is -2.45. The van der Waals surface area contributed by atoms with Crippen LogP contribution in [0.2, 0.25) is 0 Å². The average molecular weight is 380 g/mol. The summed E-state index contributed by atoms with van der Waals surface area (Å²) in [4.78, 5) is 23.8. The van der Waals surface area contributed by atoms with Gasteiger partial charge in [0.05, 0.1) is 5.56 Å². The van der Waals surface area contributed by atoms with E-state index in [1.54, 1.807) is 0 Å². The predicted octanol–water partition coefficient (Wildman–Crippen LogP) is 3.59. The van der Waals surface area contributed by atoms with Crippen LogP contribution in [0.25, 0.3) is 0 Å². The quantitative estimate of drug-likeness (QED) is 0.872. The van der Waals surface area contributed by atoms with E-state index in [9.17, 15) is 9.59 Å². The zero-order chi connectivity index (χ0) is 16.1. The number of hydrogen-bond acceptors (Lipinski definition) is 3. The van der Waals surface area contributed by atoms with Crippen LogP contribution in [0, 0.1) is 29.6 Å². The number of halogens is 1. The first kappa shape index (κ1) is 15.4. The van der Waals surface area contributed by atoms with Gasteiger partial charge in [0.15, 0.2) is 0 Å². The Hall–Kier alpha value is -1.10. The number of carbonyl (C=O) groups is 1. The Kier molecular flexibility index (Phi) is 3.87. The molecule has 0 aromatic carbocycles. The largest absolute Gasteiger partial charge is 0.430 e. The van der Waals surface area contributed by atoms with Gasteiger partial charge < -0.3 is 9.73 Å². The maximum atomic E-state index is 12.5. The molecule has 0 unspecified atom stereocenters. The summed E-state index contributed by atoms with van der Waals surface area (Å²) in [6.45, 7) is 2.14. The van der Waals surface area contributed by atoms with Crippen LogP contribution in [0.5, 0.6) is 0 Å². The Bertz CT molecular complexity index is 685. The van der Waals surface area contributed by atoms with E-state index in [1.807, 2.05) is 0 Å². The first-order valence-electron chi connectivity index (χ1n) is 8.62. The highest BCUT2D eigenvalue weighted by Gasteiger charge is 2.51. The molecule has 3 saturated carbocycles. The molecule has 3 fully saturated rings. The average Bonchev–Trinajstić information content (AvgIpc) is 2.72. The van der Waals surface area contributed by atoms with Gasteiger partial charge in [-0.2, -0.15) is 0 Å². The monoisotopic (exact) mass is 379 g/mol. The number of nitrogens with one attached hydrogen (secondary N) is 1. The lowest BCUT2D eigenvalue weighted by Crippen LogP contribution is -2.48. The SMILES string of the molecule is C[C@H](NC(=O)c1coc(=O)c(Br)c1)[C@@H]1[C@@H]2CC[C@H]3C[C@@H](C2)C[C@H]31. The van der Waals surface area contributed by atoms with E-state index >= 15 is 0 Å². The molecule has 1 aromatic rings. The van der Waals surface area contributed by atoms with Crippen LogP contribution >= 0.6 is 15.9 Å². The highest BCUT2D eigenvalue weighted by atomic mass is 79.9. The van der Waals surface area contributed by atoms with Gasteiger partial charge in [-0.05, 0) is 90.6 Å². The van der Waals surface area contributed by atoms with E-state index in [0.717, 1.165) is 23.7 Å². The van der Waals surface area contributed by atoms with Crippen LogP contribution in [0.15, 0.2) is 26.0 Å². The molecule has 0 radical (unpaired) electrons. The standard InChI is InChI=1S/C18H22BrNO3/c1-9(20-17(21)13-7-15(19)18(22)23-8-13)16-12-3-2-11-4-10(5-12)6-14(11)16/h7-12,14,16H,2-6H2,1H3,(H,20,21)/t9-,10-,11-,12+,14+,16+/m0/s1. The summed E-state index contributed by atoms with van der Waals surface area (Å²) >= 11 is 3.12. The fourth-order valence-electron chi connectivity index (χ4n) is 5.63. The van der Waals surface area contributed by atoms with Gasteiger partial charge in [-0.25, -0.2) is 4.79 Å². The summed E-state index contributed by atoms with van der Waals surface area (Å²) < 4.78 is 5.16. The zero-order valence-electron chi connectivity index (χ0n) is 13.3. The molecule has 124 valence electrons. The lowest BCUT2D eigenvalue weighted by atomic mass is 9.62. The first-order valence-corrected chi connectivity index (χ1v) is 9.41. The maximum Gasteiger partial charge on any atom is 0.350 e. The number of carbonyl (C=O) groups excluding carboxylic acids is 1. The number of amides is 1. The molecule has 1 amide bonds. The maximum absolute atomic E-state index is 12.5. The molecule has 3 aliphatic rings. The van der Waals surface area contributed by atoms with E-state index < -0.39 is 5.63 Å². The van der Waals surface area contributed by atoms with E-state index in [4.69, 9.17) is 4.42 Å². The topological polar surface area (TPSA) is 59.3 Å². The van der Waals surface area contributed by atoms with Gasteiger partial charge in [0.2, 0.25) is 0 Å². The molecule has 1 aromatic heterocycles. The summed E-state index contributed by atoms with van der Waals surface area (Å²) in [5.41, 5.74) is -0.0650. The summed E-state index contributed by atoms with van der Waals surface area (Å²) in [7, 11) is 0. The summed E-state index contributed by atoms with van der Waals surface area (Å²) in [6, 6.07) is 1.71. The second-order valence-corrected chi connectivity index (χ2v) is 8.50. The molecule has 6 atom stereocenters. The molecule has 1 N–H and O–H groups in total. The van der Waals surface area contributed by atoms with Crippen LogP contribution in [-0.4, -0.2) is 11.9 Å². The van der Waals surface area contributed by atoms with E-state index in [0.29, 0.717) is 11.5 Å². The molecule has 4 nitrogen and oxygen atoms in total. The van der Waals surface area contributed by atoms with Gasteiger partial charge in [-0.3, -0.25) is 4.79 Å². The number of hydrogen-bond donors (Lipinski definition) is 1. The fourth-order valence-corrected chi connectivity index (χ4v) is 5.97. The van der Waals surface area contributed by atoms with Crippen LogP contribution < -0.4 is 10.9 Å². The Labute approximate surface area is 144 Å². The van der Waals surface area contributed by atoms with Gasteiger partial charge in [-0.1, -0.05) is 0 Å². The molecule has 3 bridgehead atoms. The van der Waals surface area contributed by atoms with Gasteiger partial charge >= 0.3 is 5.63 Å². The smallest absolute Gasteiger partial charge is 0.350 e. The van der Waals surface area contributed by atoms with E-state index in [-0.39, 0.29) is 16.4 Å². The highest BCUT2D eigenvalue weighted by molar-refractivity contribution is 9.10. The third-order valence-electron chi connectivity index (χ3n) is 6.40. The summed E-state index contributed by atoms with van der Waals surface area (Å²) in [5.74, 6) is 3.84. The van der Waals surface area contributed by atoms with Crippen molar-refractivity contribution >= 4 is 21.8 Å². The molecule has 0 spiro atoms. The molecular weight excluding hydrogens is 358 g/mol. The van der Waals surface area contributed by atoms with Crippen LogP contribution in [0.3, 0.4) is 0 Å². The van der Waals surface area contributed by atoms with Gasteiger partial charge in [0.25, 0.3) is 5.91 Å². The van der Waals surface area contributed by atoms with Crippen molar-refractivity contribution in [2.45, 2.75) is 45.1 Å². The normalized spacial score (nSPS) is 36.0. The first-order chi connectivity index (χ1) is 11.0. The minimum atomic E-state index is -0.462. The van der Waals surface area contributed by atoms with Gasteiger partial charge in [0.1, 0.15) is 10.7 Å².